The highest BCUT2D eigenvalue weighted by atomic mass is 35.5. The fraction of sp³-hybridized carbons (Fsp3) is 0.348. The maximum absolute atomic E-state index is 16.1. The lowest BCUT2D eigenvalue weighted by molar-refractivity contribution is -0.363. The average Bonchev–Trinajstić information content (AvgIpc) is 3.12. The van der Waals surface area contributed by atoms with Crippen LogP contribution in [0.5, 0.6) is 0 Å². The van der Waals surface area contributed by atoms with E-state index in [9.17, 15) is 0 Å². The summed E-state index contributed by atoms with van der Waals surface area (Å²) in [5.74, 6) is -1.78. The van der Waals surface area contributed by atoms with Gasteiger partial charge in [-0.05, 0) is 62.6 Å². The molecule has 0 saturated carbocycles. The van der Waals surface area contributed by atoms with Gasteiger partial charge in [-0.25, -0.2) is 8.78 Å². The summed E-state index contributed by atoms with van der Waals surface area (Å²) >= 11 is 6.01. The molecule has 4 rings (SSSR count). The fourth-order valence-corrected chi connectivity index (χ4v) is 5.63. The van der Waals surface area contributed by atoms with Crippen molar-refractivity contribution in [1.82, 2.24) is 4.48 Å². The topological polar surface area (TPSA) is 7.94 Å². The number of benzene rings is 1. The molecule has 0 amide bonds. The molecule has 0 aliphatic carbocycles. The van der Waals surface area contributed by atoms with E-state index in [-0.39, 0.29) is 27.6 Å². The van der Waals surface area contributed by atoms with Crippen LogP contribution in [0.25, 0.3) is 5.57 Å². The van der Waals surface area contributed by atoms with Crippen LogP contribution < -0.4 is 0 Å². The minimum atomic E-state index is -4.25. The molecule has 2 aliphatic rings. The van der Waals surface area contributed by atoms with Crippen molar-refractivity contribution in [2.45, 2.75) is 54.4 Å². The summed E-state index contributed by atoms with van der Waals surface area (Å²) in [5, 5.41) is -0.252. The quantitative estimate of drug-likeness (QED) is 0.276. The van der Waals surface area contributed by atoms with E-state index in [0.717, 1.165) is 32.2 Å². The van der Waals surface area contributed by atoms with Crippen LogP contribution in [-0.2, 0) is 6.42 Å². The highest BCUT2D eigenvalue weighted by Gasteiger charge is 2.57. The first-order valence-corrected chi connectivity index (χ1v) is 10.8. The summed E-state index contributed by atoms with van der Waals surface area (Å²) < 4.78 is 64.6. The van der Waals surface area contributed by atoms with Gasteiger partial charge in [0.05, 0.1) is 16.2 Å². The molecule has 1 aromatic heterocycles. The van der Waals surface area contributed by atoms with Crippen molar-refractivity contribution in [2.24, 2.45) is 0 Å². The van der Waals surface area contributed by atoms with Crippen molar-refractivity contribution >= 4 is 29.9 Å². The highest BCUT2D eigenvalue weighted by Crippen LogP contribution is 2.48. The monoisotopic (exact) mass is 450 g/mol. The van der Waals surface area contributed by atoms with E-state index in [2.05, 4.69) is 0 Å². The SMILES string of the molecule is CCC1=C(C)C2=C(c3c(F)ccc(Cl)c3F)c3c(C)c(CC)c(C)n3[B-](F)(F)[N+]2=C1C. The van der Waals surface area contributed by atoms with Gasteiger partial charge in [0.2, 0.25) is 0 Å². The number of fused-ring (bicyclic) bond motifs is 2. The Bertz CT molecular complexity index is 1250. The third kappa shape index (κ3) is 2.68. The van der Waals surface area contributed by atoms with Crippen LogP contribution in [0.4, 0.5) is 17.4 Å². The first-order valence-electron chi connectivity index (χ1n) is 10.4. The van der Waals surface area contributed by atoms with E-state index in [4.69, 9.17) is 11.6 Å². The van der Waals surface area contributed by atoms with Crippen LogP contribution in [-0.4, -0.2) is 21.6 Å². The van der Waals surface area contributed by atoms with E-state index in [1.54, 1.807) is 27.7 Å². The highest BCUT2D eigenvalue weighted by molar-refractivity contribution is 6.58. The summed E-state index contributed by atoms with van der Waals surface area (Å²) in [6, 6.07) is 2.22. The number of rotatable bonds is 3. The van der Waals surface area contributed by atoms with Crippen molar-refractivity contribution < 1.29 is 21.9 Å². The molecule has 0 unspecified atom stereocenters. The molecule has 2 aromatic rings. The molecule has 0 atom stereocenters. The van der Waals surface area contributed by atoms with Crippen molar-refractivity contribution in [3.05, 3.63) is 73.7 Å². The minimum Gasteiger partial charge on any atom is -0.393 e. The predicted molar refractivity (Wildman–Crippen MR) is 118 cm³/mol. The second kappa shape index (κ2) is 7.12. The zero-order chi connectivity index (χ0) is 23.0. The molecule has 2 aliphatic heterocycles. The van der Waals surface area contributed by atoms with Crippen LogP contribution in [0.3, 0.4) is 0 Å². The van der Waals surface area contributed by atoms with Gasteiger partial charge in [-0.1, -0.05) is 25.4 Å². The number of halogens is 5. The van der Waals surface area contributed by atoms with Gasteiger partial charge in [0.15, 0.2) is 11.5 Å². The van der Waals surface area contributed by atoms with Crippen molar-refractivity contribution in [3.63, 3.8) is 0 Å². The van der Waals surface area contributed by atoms with Gasteiger partial charge in [-0.2, -0.15) is 0 Å². The van der Waals surface area contributed by atoms with Gasteiger partial charge in [-0.3, -0.25) is 0 Å². The summed E-state index contributed by atoms with van der Waals surface area (Å²) in [7, 11) is 0. The molecule has 8 heteroatoms. The molecular weight excluding hydrogens is 427 g/mol. The van der Waals surface area contributed by atoms with Crippen LogP contribution in [0.15, 0.2) is 29.0 Å². The Morgan fingerprint density at radius 2 is 1.68 bits per heavy atom. The van der Waals surface area contributed by atoms with Gasteiger partial charge in [0.25, 0.3) is 0 Å². The molecule has 0 fully saturated rings. The van der Waals surface area contributed by atoms with Crippen LogP contribution in [0.2, 0.25) is 5.02 Å². The zero-order valence-corrected chi connectivity index (χ0v) is 19.2. The second-order valence-corrected chi connectivity index (χ2v) is 8.61. The summed E-state index contributed by atoms with van der Waals surface area (Å²) in [5.41, 5.74) is 3.65. The first-order chi connectivity index (χ1) is 14.5. The predicted octanol–water partition coefficient (Wildman–Crippen LogP) is 6.81. The Hall–Kier alpha value is -2.28. The van der Waals surface area contributed by atoms with Crippen molar-refractivity contribution in [1.29, 1.82) is 0 Å². The molecule has 0 saturated heterocycles. The molecule has 0 N–H and O–H groups in total. The fourth-order valence-electron chi connectivity index (χ4n) is 5.47. The molecule has 1 aromatic carbocycles. The standard InChI is InChI=1S/C23H24BClF4N2/c1-7-15-11(3)22-20(19-18(26)10-9-17(25)21(19)27)23-12(4)16(8-2)14(6)31(23)24(28,29)30(22)13(15)5/h9-10H,7-8H2,1-6H3. The van der Waals surface area contributed by atoms with E-state index < -0.39 is 18.6 Å². The second-order valence-electron chi connectivity index (χ2n) is 8.20. The lowest BCUT2D eigenvalue weighted by Crippen LogP contribution is -2.51. The Morgan fingerprint density at radius 3 is 2.26 bits per heavy atom. The van der Waals surface area contributed by atoms with Gasteiger partial charge in [-0.15, -0.1) is 0 Å². The van der Waals surface area contributed by atoms with Gasteiger partial charge < -0.3 is 17.6 Å². The normalized spacial score (nSPS) is 17.6. The lowest BCUT2D eigenvalue weighted by atomic mass is 9.83. The average molecular weight is 451 g/mol. The molecule has 164 valence electrons. The molecule has 0 spiro atoms. The molecule has 2 nitrogen and oxygen atoms in total. The number of aromatic nitrogens is 1. The molecular formula is C23H24BClF4N2. The zero-order valence-electron chi connectivity index (χ0n) is 18.4. The lowest BCUT2D eigenvalue weighted by Gasteiger charge is -2.34. The van der Waals surface area contributed by atoms with Gasteiger partial charge >= 0.3 is 6.97 Å². The minimum absolute atomic E-state index is 0.130. The Morgan fingerprint density at radius 1 is 1.03 bits per heavy atom. The van der Waals surface area contributed by atoms with Crippen LogP contribution in [0.1, 0.15) is 62.2 Å². The number of allylic oxidation sites excluding steroid dienone is 2. The van der Waals surface area contributed by atoms with Crippen molar-refractivity contribution in [3.8, 4) is 0 Å². The third-order valence-electron chi connectivity index (χ3n) is 6.79. The molecule has 31 heavy (non-hydrogen) atoms. The number of nitrogens with zero attached hydrogens (tertiary/aromatic N) is 2. The van der Waals surface area contributed by atoms with Crippen LogP contribution in [0, 0.1) is 25.5 Å². The summed E-state index contributed by atoms with van der Waals surface area (Å²) in [4.78, 5) is 0. The summed E-state index contributed by atoms with van der Waals surface area (Å²) in [6.45, 7) is 6.29. The Balaban J connectivity index is 2.30. The Kier molecular flexibility index (Phi) is 5.04. The Labute approximate surface area is 184 Å². The first kappa shape index (κ1) is 21.9. The summed E-state index contributed by atoms with van der Waals surface area (Å²) in [6.07, 6.45) is 1.06. The van der Waals surface area contributed by atoms with Crippen LogP contribution >= 0.6 is 11.6 Å². The van der Waals surface area contributed by atoms with Crippen molar-refractivity contribution in [2.75, 3.05) is 0 Å². The molecule has 3 heterocycles. The molecule has 0 radical (unpaired) electrons. The maximum Gasteiger partial charge on any atom is 0.737 e. The third-order valence-corrected chi connectivity index (χ3v) is 7.08. The van der Waals surface area contributed by atoms with E-state index in [1.165, 1.54) is 0 Å². The van der Waals surface area contributed by atoms with Gasteiger partial charge in [0.1, 0.15) is 11.5 Å². The van der Waals surface area contributed by atoms with Gasteiger partial charge in [0, 0.05) is 23.8 Å². The van der Waals surface area contributed by atoms with E-state index >= 15 is 17.4 Å². The maximum atomic E-state index is 16.1. The largest absolute Gasteiger partial charge is 0.737 e. The molecule has 0 bridgehead atoms. The smallest absolute Gasteiger partial charge is 0.393 e. The number of hydrogen-bond acceptors (Lipinski definition) is 0. The van der Waals surface area contributed by atoms with E-state index in [1.807, 2.05) is 13.8 Å². The number of hydrogen-bond donors (Lipinski definition) is 0. The van der Waals surface area contributed by atoms with E-state index in [0.29, 0.717) is 35.4 Å².